The van der Waals surface area contributed by atoms with Crippen LogP contribution in [-0.4, -0.2) is 5.11 Å². The summed E-state index contributed by atoms with van der Waals surface area (Å²) >= 11 is 0. The zero-order valence-electron chi connectivity index (χ0n) is 10.0. The summed E-state index contributed by atoms with van der Waals surface area (Å²) in [6.07, 6.45) is 3.79. The van der Waals surface area contributed by atoms with Gasteiger partial charge in [-0.3, -0.25) is 0 Å². The first kappa shape index (κ1) is 12.5. The predicted molar refractivity (Wildman–Crippen MR) is 62.5 cm³/mol. The summed E-state index contributed by atoms with van der Waals surface area (Å²) in [5, 5.41) is 10.4. The van der Waals surface area contributed by atoms with Crippen LogP contribution >= 0.6 is 0 Å². The molecule has 0 radical (unpaired) electrons. The van der Waals surface area contributed by atoms with Crippen molar-refractivity contribution in [2.45, 2.75) is 45.1 Å². The molecule has 2 rings (SSSR count). The quantitative estimate of drug-likeness (QED) is 0.847. The van der Waals surface area contributed by atoms with Crippen LogP contribution in [0.2, 0.25) is 0 Å². The van der Waals surface area contributed by atoms with Crippen molar-refractivity contribution in [2.75, 3.05) is 0 Å². The van der Waals surface area contributed by atoms with Gasteiger partial charge in [0, 0.05) is 11.0 Å². The predicted octanol–water partition coefficient (Wildman–Crippen LogP) is 3.97. The Morgan fingerprint density at radius 3 is 2.53 bits per heavy atom. The topological polar surface area (TPSA) is 20.2 Å². The number of benzene rings is 1. The molecule has 1 fully saturated rings. The Kier molecular flexibility index (Phi) is 3.48. The van der Waals surface area contributed by atoms with Crippen molar-refractivity contribution in [1.29, 1.82) is 0 Å². The highest BCUT2D eigenvalue weighted by Gasteiger charge is 2.40. The van der Waals surface area contributed by atoms with Gasteiger partial charge >= 0.3 is 0 Å². The zero-order chi connectivity index (χ0) is 12.5. The van der Waals surface area contributed by atoms with Crippen LogP contribution in [0.3, 0.4) is 0 Å². The molecule has 1 N–H and O–H groups in total. The zero-order valence-corrected chi connectivity index (χ0v) is 10.0. The van der Waals surface area contributed by atoms with E-state index in [9.17, 15) is 13.9 Å². The molecule has 0 amide bonds. The molecular formula is C14H18F2O. The molecule has 0 heterocycles. The first-order chi connectivity index (χ1) is 8.10. The van der Waals surface area contributed by atoms with Gasteiger partial charge in [0.25, 0.3) is 0 Å². The van der Waals surface area contributed by atoms with Crippen molar-refractivity contribution in [2.24, 2.45) is 5.41 Å². The molecule has 0 bridgehead atoms. The Bertz CT molecular complexity index is 397. The maximum Gasteiger partial charge on any atom is 0.164 e. The molecule has 1 aromatic carbocycles. The average molecular weight is 240 g/mol. The first-order valence-electron chi connectivity index (χ1n) is 6.23. The molecule has 17 heavy (non-hydrogen) atoms. The van der Waals surface area contributed by atoms with Crippen LogP contribution in [0.25, 0.3) is 0 Å². The second-order valence-corrected chi connectivity index (χ2v) is 4.97. The van der Waals surface area contributed by atoms with E-state index in [1.54, 1.807) is 0 Å². The van der Waals surface area contributed by atoms with E-state index in [1.807, 2.05) is 6.92 Å². The molecule has 1 nitrogen and oxygen atoms in total. The number of hydrogen-bond donors (Lipinski definition) is 1. The van der Waals surface area contributed by atoms with E-state index in [2.05, 4.69) is 0 Å². The van der Waals surface area contributed by atoms with Crippen LogP contribution in [0, 0.1) is 17.0 Å². The highest BCUT2D eigenvalue weighted by Crippen LogP contribution is 2.50. The lowest BCUT2D eigenvalue weighted by Gasteiger charge is -2.33. The maximum atomic E-state index is 13.7. The Morgan fingerprint density at radius 1 is 1.29 bits per heavy atom. The number of rotatable bonds is 3. The van der Waals surface area contributed by atoms with Crippen LogP contribution < -0.4 is 0 Å². The molecule has 1 unspecified atom stereocenters. The van der Waals surface area contributed by atoms with Crippen LogP contribution in [0.15, 0.2) is 18.2 Å². The van der Waals surface area contributed by atoms with Gasteiger partial charge in [0.1, 0.15) is 0 Å². The van der Waals surface area contributed by atoms with Gasteiger partial charge in [-0.1, -0.05) is 31.9 Å². The molecule has 0 saturated heterocycles. The minimum atomic E-state index is -0.903. The Morgan fingerprint density at radius 2 is 1.94 bits per heavy atom. The molecular weight excluding hydrogens is 222 g/mol. The standard InChI is InChI=1S/C14H18F2O/c1-2-14(8-3-4-9-14)13(17)10-6-5-7-11(15)12(10)16/h5-7,13,17H,2-4,8-9H2,1H3. The molecule has 0 aromatic heterocycles. The molecule has 1 aliphatic rings. The van der Waals surface area contributed by atoms with Gasteiger partial charge in [0.15, 0.2) is 11.6 Å². The summed E-state index contributed by atoms with van der Waals surface area (Å²) in [4.78, 5) is 0. The highest BCUT2D eigenvalue weighted by atomic mass is 19.2. The van der Waals surface area contributed by atoms with Gasteiger partial charge in [-0.25, -0.2) is 8.78 Å². The van der Waals surface area contributed by atoms with Crippen LogP contribution in [-0.2, 0) is 0 Å². The van der Waals surface area contributed by atoms with E-state index in [0.717, 1.165) is 38.2 Å². The molecule has 3 heteroatoms. The SMILES string of the molecule is CCC1(C(O)c2cccc(F)c2F)CCCC1. The molecule has 1 saturated carbocycles. The summed E-state index contributed by atoms with van der Waals surface area (Å²) in [5.41, 5.74) is -0.164. The Labute approximate surface area is 100 Å². The normalized spacial score (nSPS) is 20.5. The van der Waals surface area contributed by atoms with Crippen LogP contribution in [0.5, 0.6) is 0 Å². The smallest absolute Gasteiger partial charge is 0.164 e. The van der Waals surface area contributed by atoms with Crippen LogP contribution in [0.4, 0.5) is 8.78 Å². The van der Waals surface area contributed by atoms with Crippen molar-refractivity contribution < 1.29 is 13.9 Å². The summed E-state index contributed by atoms with van der Waals surface area (Å²) in [5.74, 6) is -1.79. The minimum absolute atomic E-state index is 0.105. The summed E-state index contributed by atoms with van der Waals surface area (Å²) in [6.45, 7) is 2.01. The fourth-order valence-electron chi connectivity index (χ4n) is 2.96. The third kappa shape index (κ3) is 2.08. The van der Waals surface area contributed by atoms with E-state index in [1.165, 1.54) is 12.1 Å². The van der Waals surface area contributed by atoms with E-state index in [0.29, 0.717) is 0 Å². The number of aliphatic hydroxyl groups excluding tert-OH is 1. The second-order valence-electron chi connectivity index (χ2n) is 4.97. The van der Waals surface area contributed by atoms with Crippen molar-refractivity contribution >= 4 is 0 Å². The summed E-state index contributed by atoms with van der Waals surface area (Å²) < 4.78 is 26.8. The van der Waals surface area contributed by atoms with Gasteiger partial charge in [-0.2, -0.15) is 0 Å². The van der Waals surface area contributed by atoms with Crippen molar-refractivity contribution in [3.05, 3.63) is 35.4 Å². The average Bonchev–Trinajstić information content (AvgIpc) is 2.82. The van der Waals surface area contributed by atoms with E-state index in [-0.39, 0.29) is 11.0 Å². The molecule has 1 atom stereocenters. The second kappa shape index (κ2) is 4.73. The monoisotopic (exact) mass is 240 g/mol. The largest absolute Gasteiger partial charge is 0.388 e. The maximum absolute atomic E-state index is 13.7. The third-order valence-electron chi connectivity index (χ3n) is 4.16. The third-order valence-corrected chi connectivity index (χ3v) is 4.16. The van der Waals surface area contributed by atoms with E-state index < -0.39 is 17.7 Å². The summed E-state index contributed by atoms with van der Waals surface area (Å²) in [7, 11) is 0. The van der Waals surface area contributed by atoms with Crippen molar-refractivity contribution in [3.63, 3.8) is 0 Å². The number of aliphatic hydroxyl groups is 1. The highest BCUT2D eigenvalue weighted by molar-refractivity contribution is 5.23. The van der Waals surface area contributed by atoms with Crippen LogP contribution in [0.1, 0.15) is 50.7 Å². The molecule has 1 aromatic rings. The number of hydrogen-bond acceptors (Lipinski definition) is 1. The fraction of sp³-hybridized carbons (Fsp3) is 0.571. The lowest BCUT2D eigenvalue weighted by Crippen LogP contribution is -2.26. The molecule has 0 aliphatic heterocycles. The fourth-order valence-corrected chi connectivity index (χ4v) is 2.96. The van der Waals surface area contributed by atoms with E-state index >= 15 is 0 Å². The number of halogens is 2. The Balaban J connectivity index is 2.35. The van der Waals surface area contributed by atoms with Gasteiger partial charge < -0.3 is 5.11 Å². The molecule has 1 aliphatic carbocycles. The van der Waals surface area contributed by atoms with E-state index in [4.69, 9.17) is 0 Å². The minimum Gasteiger partial charge on any atom is -0.388 e. The Hall–Kier alpha value is -0.960. The molecule has 94 valence electrons. The lowest BCUT2D eigenvalue weighted by atomic mass is 9.75. The van der Waals surface area contributed by atoms with Gasteiger partial charge in [0.05, 0.1) is 6.10 Å². The van der Waals surface area contributed by atoms with Crippen molar-refractivity contribution in [1.82, 2.24) is 0 Å². The molecule has 0 spiro atoms. The van der Waals surface area contributed by atoms with Gasteiger partial charge in [0.2, 0.25) is 0 Å². The summed E-state index contributed by atoms with van der Waals surface area (Å²) in [6, 6.07) is 4.02. The van der Waals surface area contributed by atoms with Gasteiger partial charge in [-0.15, -0.1) is 0 Å². The van der Waals surface area contributed by atoms with Crippen molar-refractivity contribution in [3.8, 4) is 0 Å². The first-order valence-corrected chi connectivity index (χ1v) is 6.23. The van der Waals surface area contributed by atoms with Gasteiger partial charge in [-0.05, 0) is 25.3 Å². The lowest BCUT2D eigenvalue weighted by molar-refractivity contribution is 0.0207.